The Balaban J connectivity index is 1.43. The predicted molar refractivity (Wildman–Crippen MR) is 133 cm³/mol. The van der Waals surface area contributed by atoms with Crippen molar-refractivity contribution in [3.63, 3.8) is 0 Å². The van der Waals surface area contributed by atoms with Gasteiger partial charge in [0.2, 0.25) is 0 Å². The molecule has 1 saturated carbocycles. The Kier molecular flexibility index (Phi) is 11.6. The van der Waals surface area contributed by atoms with Gasteiger partial charge in [0, 0.05) is 5.56 Å². The van der Waals surface area contributed by atoms with Crippen LogP contribution in [0.1, 0.15) is 82.1 Å². The number of aryl methyl sites for hydroxylation is 1. The summed E-state index contributed by atoms with van der Waals surface area (Å²) in [5, 5.41) is 0. The topological polar surface area (TPSA) is 89.5 Å². The summed E-state index contributed by atoms with van der Waals surface area (Å²) in [7, 11) is 2.33. The third kappa shape index (κ3) is 8.82. The highest BCUT2D eigenvalue weighted by molar-refractivity contribution is 5.61. The molecule has 3 rings (SSSR count). The Morgan fingerprint density at radius 2 is 1.53 bits per heavy atom. The third-order valence-electron chi connectivity index (χ3n) is 6.86. The van der Waals surface area contributed by atoms with Crippen LogP contribution in [0.3, 0.4) is 0 Å². The second-order valence-corrected chi connectivity index (χ2v) is 9.47. The Morgan fingerprint density at radius 3 is 2.08 bits per heavy atom. The van der Waals surface area contributed by atoms with Crippen molar-refractivity contribution in [2.24, 2.45) is 11.8 Å². The number of rotatable bonds is 11. The average Bonchev–Trinajstić information content (AvgIpc) is 3.29. The van der Waals surface area contributed by atoms with E-state index in [2.05, 4.69) is 28.5 Å². The predicted octanol–water partition coefficient (Wildman–Crippen LogP) is 6.83. The maximum Gasteiger partial charge on any atom is 0.510 e. The van der Waals surface area contributed by atoms with E-state index in [1.54, 1.807) is 0 Å². The minimum Gasteiger partial charge on any atom is -0.438 e. The van der Waals surface area contributed by atoms with Crippen LogP contribution in [0.4, 0.5) is 9.59 Å². The van der Waals surface area contributed by atoms with E-state index in [0.717, 1.165) is 24.7 Å². The number of benzene rings is 1. The molecule has 2 aliphatic rings. The number of ether oxygens (including phenoxy) is 6. The van der Waals surface area contributed by atoms with Crippen molar-refractivity contribution in [3.05, 3.63) is 47.5 Å². The number of carbonyl (C=O) groups is 2. The summed E-state index contributed by atoms with van der Waals surface area (Å²) in [4.78, 5) is 23.0. The minimum atomic E-state index is -1.28. The van der Waals surface area contributed by atoms with Crippen LogP contribution in [0, 0.1) is 11.8 Å². The Labute approximate surface area is 214 Å². The van der Waals surface area contributed by atoms with Gasteiger partial charge in [-0.1, -0.05) is 69.0 Å². The van der Waals surface area contributed by atoms with E-state index in [1.165, 1.54) is 71.1 Å². The van der Waals surface area contributed by atoms with Crippen molar-refractivity contribution in [1.82, 2.24) is 0 Å². The quantitative estimate of drug-likeness (QED) is 0.184. The fourth-order valence-electron chi connectivity index (χ4n) is 4.75. The van der Waals surface area contributed by atoms with Crippen molar-refractivity contribution in [1.29, 1.82) is 0 Å². The molecule has 0 spiro atoms. The van der Waals surface area contributed by atoms with Crippen molar-refractivity contribution in [2.45, 2.75) is 90.0 Å². The number of unbranched alkanes of at least 4 members (excludes halogenated alkanes) is 2. The fraction of sp³-hybridized carbons (Fsp3) is 0.643. The van der Waals surface area contributed by atoms with Gasteiger partial charge in [0.15, 0.2) is 6.29 Å². The van der Waals surface area contributed by atoms with E-state index < -0.39 is 31.2 Å². The zero-order valence-corrected chi connectivity index (χ0v) is 21.7. The van der Waals surface area contributed by atoms with Gasteiger partial charge in [0.25, 0.3) is 12.6 Å². The highest BCUT2D eigenvalue weighted by Crippen LogP contribution is 2.34. The van der Waals surface area contributed by atoms with Crippen LogP contribution in [0.15, 0.2) is 36.4 Å². The van der Waals surface area contributed by atoms with Crippen molar-refractivity contribution >= 4 is 12.3 Å². The molecule has 8 nitrogen and oxygen atoms in total. The number of methoxy groups -OCH3 is 2. The first-order valence-electron chi connectivity index (χ1n) is 13.1. The number of hydrogen-bond donors (Lipinski definition) is 0. The lowest BCUT2D eigenvalue weighted by molar-refractivity contribution is -0.156. The van der Waals surface area contributed by atoms with Gasteiger partial charge in [0.1, 0.15) is 0 Å². The molecule has 1 aromatic rings. The van der Waals surface area contributed by atoms with E-state index in [-0.39, 0.29) is 0 Å². The molecule has 1 saturated heterocycles. The van der Waals surface area contributed by atoms with Gasteiger partial charge in [-0.15, -0.1) is 0 Å². The second kappa shape index (κ2) is 14.9. The molecule has 0 aromatic heterocycles. The van der Waals surface area contributed by atoms with Gasteiger partial charge in [-0.2, -0.15) is 0 Å². The molecule has 0 N–H and O–H groups in total. The first-order chi connectivity index (χ1) is 17.5. The zero-order chi connectivity index (χ0) is 25.8. The largest absolute Gasteiger partial charge is 0.510 e. The molecule has 2 atom stereocenters. The molecule has 1 aliphatic carbocycles. The lowest BCUT2D eigenvalue weighted by atomic mass is 9.79. The smallest absolute Gasteiger partial charge is 0.438 e. The summed E-state index contributed by atoms with van der Waals surface area (Å²) in [6, 6.07) is 7.81. The number of carbonyl (C=O) groups excluding carboxylic acids is 2. The summed E-state index contributed by atoms with van der Waals surface area (Å²) in [6.45, 7) is 2.27. The van der Waals surface area contributed by atoms with Crippen LogP contribution < -0.4 is 0 Å². The number of allylic oxidation sites excluding steroid dienone is 2. The van der Waals surface area contributed by atoms with E-state index >= 15 is 0 Å². The Bertz CT molecular complexity index is 802. The number of hydrogen-bond acceptors (Lipinski definition) is 8. The van der Waals surface area contributed by atoms with Gasteiger partial charge in [0.05, 0.1) is 14.2 Å². The molecule has 1 aliphatic heterocycles. The third-order valence-corrected chi connectivity index (χ3v) is 6.86. The first-order valence-corrected chi connectivity index (χ1v) is 13.1. The van der Waals surface area contributed by atoms with Crippen LogP contribution in [0.2, 0.25) is 0 Å². The lowest BCUT2D eigenvalue weighted by Crippen LogP contribution is -2.32. The maximum atomic E-state index is 11.5. The van der Waals surface area contributed by atoms with E-state index in [0.29, 0.717) is 5.56 Å². The normalized spacial score (nSPS) is 24.5. The van der Waals surface area contributed by atoms with Gasteiger partial charge in [-0.05, 0) is 55.9 Å². The molecule has 200 valence electrons. The summed E-state index contributed by atoms with van der Waals surface area (Å²) in [5.74, 6) is 1.67. The van der Waals surface area contributed by atoms with E-state index in [1.807, 2.05) is 24.3 Å². The molecular formula is C28H40O8. The fourth-order valence-corrected chi connectivity index (χ4v) is 4.75. The molecule has 0 amide bonds. The SMILES string of the molecule is CCCCC[C@H]1CC[C@H](/C=C/CCc2ccc(C3O[C@H](OC(=O)OC)[C@@H](OC(=O)OC)O3)cc2)CC1. The van der Waals surface area contributed by atoms with Crippen LogP contribution in [0.25, 0.3) is 0 Å². The first kappa shape index (κ1) is 28.0. The molecule has 0 unspecified atom stereocenters. The minimum absolute atomic E-state index is 0.708. The highest BCUT2D eigenvalue weighted by atomic mass is 16.9. The molecule has 2 fully saturated rings. The molecule has 1 aromatic carbocycles. The van der Waals surface area contributed by atoms with Crippen LogP contribution in [-0.2, 0) is 34.8 Å². The van der Waals surface area contributed by atoms with Gasteiger partial charge >= 0.3 is 12.3 Å². The maximum absolute atomic E-state index is 11.5. The monoisotopic (exact) mass is 504 g/mol. The summed E-state index contributed by atoms with van der Waals surface area (Å²) in [6.07, 6.45) is 12.2. The van der Waals surface area contributed by atoms with Crippen LogP contribution in [-0.4, -0.2) is 39.1 Å². The van der Waals surface area contributed by atoms with Crippen molar-refractivity contribution < 1.29 is 38.0 Å². The lowest BCUT2D eigenvalue weighted by Gasteiger charge is -2.26. The highest BCUT2D eigenvalue weighted by Gasteiger charge is 2.43. The summed E-state index contributed by atoms with van der Waals surface area (Å²) < 4.78 is 30.2. The molecule has 8 heteroatoms. The Hall–Kier alpha value is -2.58. The van der Waals surface area contributed by atoms with Crippen LogP contribution in [0.5, 0.6) is 0 Å². The van der Waals surface area contributed by atoms with E-state index in [9.17, 15) is 9.59 Å². The van der Waals surface area contributed by atoms with Gasteiger partial charge < -0.3 is 28.4 Å². The zero-order valence-electron chi connectivity index (χ0n) is 21.7. The molecule has 0 bridgehead atoms. The second-order valence-electron chi connectivity index (χ2n) is 9.47. The average molecular weight is 505 g/mol. The molecular weight excluding hydrogens is 464 g/mol. The summed E-state index contributed by atoms with van der Waals surface area (Å²) in [5.41, 5.74) is 1.91. The van der Waals surface area contributed by atoms with Gasteiger partial charge in [-0.3, -0.25) is 0 Å². The van der Waals surface area contributed by atoms with Crippen LogP contribution >= 0.6 is 0 Å². The molecule has 36 heavy (non-hydrogen) atoms. The summed E-state index contributed by atoms with van der Waals surface area (Å²) >= 11 is 0. The standard InChI is InChI=1S/C28H40O8/c1-4-5-6-9-20-12-14-21(15-13-20)10-7-8-11-22-16-18-23(19-17-22)24-33-25(35-27(29)31-2)26(34-24)36-28(30)32-3/h7,10,16-21,24-26H,4-6,8-9,11-15H2,1-3H3/b10-7+/t20-,21-,25-,26-/m1/s1. The molecule has 0 radical (unpaired) electrons. The van der Waals surface area contributed by atoms with E-state index in [4.69, 9.17) is 18.9 Å². The molecule has 1 heterocycles. The Morgan fingerprint density at radius 1 is 0.917 bits per heavy atom. The van der Waals surface area contributed by atoms with Crippen molar-refractivity contribution in [3.8, 4) is 0 Å². The van der Waals surface area contributed by atoms with Crippen molar-refractivity contribution in [2.75, 3.05) is 14.2 Å². The van der Waals surface area contributed by atoms with Gasteiger partial charge in [-0.25, -0.2) is 9.59 Å².